The molecule has 0 unspecified atom stereocenters. The van der Waals surface area contributed by atoms with Gasteiger partial charge in [-0.25, -0.2) is 0 Å². The van der Waals surface area contributed by atoms with E-state index in [-0.39, 0.29) is 11.7 Å². The molecule has 3 aromatic rings. The van der Waals surface area contributed by atoms with Crippen LogP contribution >= 0.6 is 0 Å². The number of phenols is 1. The summed E-state index contributed by atoms with van der Waals surface area (Å²) in [6, 6.07) is 11.1. The number of aromatic hydroxyl groups is 1. The van der Waals surface area contributed by atoms with Crippen LogP contribution in [0.5, 0.6) is 5.75 Å². The molecule has 1 amide bonds. The highest BCUT2D eigenvalue weighted by atomic mass is 16.3. The predicted octanol–water partition coefficient (Wildman–Crippen LogP) is 3.47. The smallest absolute Gasteiger partial charge is 0.251 e. The molecule has 1 aromatic heterocycles. The Morgan fingerprint density at radius 3 is 2.67 bits per heavy atom. The van der Waals surface area contributed by atoms with Gasteiger partial charge in [-0.1, -0.05) is 6.07 Å². The zero-order valence-corrected chi connectivity index (χ0v) is 14.3. The van der Waals surface area contributed by atoms with Crippen molar-refractivity contribution < 1.29 is 9.90 Å². The third kappa shape index (κ3) is 3.13. The molecule has 0 bridgehead atoms. The number of nitrogens with zero attached hydrogens (tertiary/aromatic N) is 1. The fourth-order valence-corrected chi connectivity index (χ4v) is 2.96. The van der Waals surface area contributed by atoms with E-state index in [2.05, 4.69) is 5.32 Å². The second-order valence-corrected chi connectivity index (χ2v) is 6.27. The van der Waals surface area contributed by atoms with Gasteiger partial charge in [0.05, 0.1) is 0 Å². The SMILES string of the molecule is Cc1ccc(C(=O)NCCc2cn(C)c3ccc(O)cc23)cc1C. The Kier molecular flexibility index (Phi) is 4.30. The van der Waals surface area contributed by atoms with Gasteiger partial charge in [-0.3, -0.25) is 4.79 Å². The van der Waals surface area contributed by atoms with Gasteiger partial charge in [0.2, 0.25) is 0 Å². The van der Waals surface area contributed by atoms with E-state index in [1.54, 1.807) is 12.1 Å². The molecule has 1 heterocycles. The Morgan fingerprint density at radius 1 is 1.12 bits per heavy atom. The number of fused-ring (bicyclic) bond motifs is 1. The van der Waals surface area contributed by atoms with Gasteiger partial charge in [0.25, 0.3) is 5.91 Å². The van der Waals surface area contributed by atoms with Crippen LogP contribution in [-0.2, 0) is 13.5 Å². The molecule has 0 fully saturated rings. The molecular formula is C20H22N2O2. The van der Waals surface area contributed by atoms with Gasteiger partial charge in [-0.05, 0) is 67.3 Å². The standard InChI is InChI=1S/C20H22N2O2/c1-13-4-5-15(10-14(13)2)20(24)21-9-8-16-12-22(3)19-7-6-17(23)11-18(16)19/h4-7,10-12,23H,8-9H2,1-3H3,(H,21,24). The quantitative estimate of drug-likeness (QED) is 0.773. The average molecular weight is 322 g/mol. The van der Waals surface area contributed by atoms with Crippen LogP contribution in [-0.4, -0.2) is 22.1 Å². The molecule has 0 saturated heterocycles. The summed E-state index contributed by atoms with van der Waals surface area (Å²) in [5.41, 5.74) is 5.18. The lowest BCUT2D eigenvalue weighted by Crippen LogP contribution is -2.25. The highest BCUT2D eigenvalue weighted by Gasteiger charge is 2.09. The second kappa shape index (κ2) is 6.40. The number of rotatable bonds is 4. The zero-order valence-electron chi connectivity index (χ0n) is 14.3. The van der Waals surface area contributed by atoms with E-state index in [0.717, 1.165) is 28.5 Å². The maximum Gasteiger partial charge on any atom is 0.251 e. The molecule has 124 valence electrons. The number of carbonyl (C=O) groups excluding carboxylic acids is 1. The van der Waals surface area contributed by atoms with E-state index in [1.807, 2.05) is 55.9 Å². The summed E-state index contributed by atoms with van der Waals surface area (Å²) in [7, 11) is 1.98. The van der Waals surface area contributed by atoms with Crippen molar-refractivity contribution in [3.8, 4) is 5.75 Å². The van der Waals surface area contributed by atoms with Crippen LogP contribution in [0.4, 0.5) is 0 Å². The maximum absolute atomic E-state index is 12.3. The summed E-state index contributed by atoms with van der Waals surface area (Å²) in [4.78, 5) is 12.3. The Labute approximate surface area is 141 Å². The normalized spacial score (nSPS) is 11.0. The minimum Gasteiger partial charge on any atom is -0.508 e. The van der Waals surface area contributed by atoms with Crippen LogP contribution in [0.2, 0.25) is 0 Å². The zero-order chi connectivity index (χ0) is 17.3. The number of hydrogen-bond donors (Lipinski definition) is 2. The first-order valence-corrected chi connectivity index (χ1v) is 8.08. The molecule has 0 saturated carbocycles. The van der Waals surface area contributed by atoms with E-state index in [4.69, 9.17) is 0 Å². The summed E-state index contributed by atoms with van der Waals surface area (Å²) < 4.78 is 2.04. The summed E-state index contributed by atoms with van der Waals surface area (Å²) in [6.45, 7) is 4.60. The molecule has 4 nitrogen and oxygen atoms in total. The topological polar surface area (TPSA) is 54.3 Å². The Bertz CT molecular complexity index is 909. The van der Waals surface area contributed by atoms with Crippen molar-refractivity contribution in [3.05, 3.63) is 64.8 Å². The number of phenolic OH excluding ortho intramolecular Hbond substituents is 1. The van der Waals surface area contributed by atoms with Gasteiger partial charge in [0.15, 0.2) is 0 Å². The molecule has 2 aromatic carbocycles. The monoisotopic (exact) mass is 322 g/mol. The summed E-state index contributed by atoms with van der Waals surface area (Å²) in [5, 5.41) is 13.7. The number of benzene rings is 2. The fourth-order valence-electron chi connectivity index (χ4n) is 2.96. The van der Waals surface area contributed by atoms with Crippen molar-refractivity contribution in [2.75, 3.05) is 6.54 Å². The van der Waals surface area contributed by atoms with Gasteiger partial charge in [0.1, 0.15) is 5.75 Å². The van der Waals surface area contributed by atoms with Crippen LogP contribution in [0.25, 0.3) is 10.9 Å². The van der Waals surface area contributed by atoms with Crippen LogP contribution in [0.3, 0.4) is 0 Å². The molecular weight excluding hydrogens is 300 g/mol. The second-order valence-electron chi connectivity index (χ2n) is 6.27. The maximum atomic E-state index is 12.3. The minimum atomic E-state index is -0.0545. The number of nitrogens with one attached hydrogen (secondary N) is 1. The van der Waals surface area contributed by atoms with Crippen molar-refractivity contribution in [1.82, 2.24) is 9.88 Å². The van der Waals surface area contributed by atoms with E-state index >= 15 is 0 Å². The van der Waals surface area contributed by atoms with E-state index in [1.165, 1.54) is 5.56 Å². The van der Waals surface area contributed by atoms with Crippen molar-refractivity contribution in [1.29, 1.82) is 0 Å². The molecule has 2 N–H and O–H groups in total. The van der Waals surface area contributed by atoms with Crippen molar-refractivity contribution in [2.45, 2.75) is 20.3 Å². The van der Waals surface area contributed by atoms with Gasteiger partial charge in [0, 0.05) is 36.3 Å². The first-order valence-electron chi connectivity index (χ1n) is 8.08. The third-order valence-corrected chi connectivity index (χ3v) is 4.50. The number of hydrogen-bond acceptors (Lipinski definition) is 2. The molecule has 0 atom stereocenters. The summed E-state index contributed by atoms with van der Waals surface area (Å²) >= 11 is 0. The first kappa shape index (κ1) is 16.1. The minimum absolute atomic E-state index is 0.0545. The van der Waals surface area contributed by atoms with Crippen LogP contribution < -0.4 is 5.32 Å². The van der Waals surface area contributed by atoms with Gasteiger partial charge < -0.3 is 15.0 Å². The van der Waals surface area contributed by atoms with Crippen LogP contribution in [0, 0.1) is 13.8 Å². The lowest BCUT2D eigenvalue weighted by atomic mass is 10.1. The lowest BCUT2D eigenvalue weighted by Gasteiger charge is -2.07. The van der Waals surface area contributed by atoms with Crippen molar-refractivity contribution in [2.24, 2.45) is 7.05 Å². The van der Waals surface area contributed by atoms with E-state index < -0.39 is 0 Å². The van der Waals surface area contributed by atoms with E-state index in [9.17, 15) is 9.90 Å². The van der Waals surface area contributed by atoms with Crippen LogP contribution in [0.15, 0.2) is 42.6 Å². The Hall–Kier alpha value is -2.75. The lowest BCUT2D eigenvalue weighted by molar-refractivity contribution is 0.0954. The molecule has 0 aliphatic heterocycles. The summed E-state index contributed by atoms with van der Waals surface area (Å²) in [5.74, 6) is 0.204. The van der Waals surface area contributed by atoms with E-state index in [0.29, 0.717) is 12.1 Å². The highest BCUT2D eigenvalue weighted by molar-refractivity contribution is 5.94. The number of carbonyl (C=O) groups is 1. The van der Waals surface area contributed by atoms with Crippen molar-refractivity contribution >= 4 is 16.8 Å². The summed E-state index contributed by atoms with van der Waals surface area (Å²) in [6.07, 6.45) is 2.77. The molecule has 0 aliphatic carbocycles. The molecule has 0 aliphatic rings. The van der Waals surface area contributed by atoms with Crippen LogP contribution in [0.1, 0.15) is 27.0 Å². The largest absolute Gasteiger partial charge is 0.508 e. The fraction of sp³-hybridized carbons (Fsp3) is 0.250. The number of aromatic nitrogens is 1. The molecule has 0 radical (unpaired) electrons. The average Bonchev–Trinajstić information content (AvgIpc) is 2.85. The highest BCUT2D eigenvalue weighted by Crippen LogP contribution is 2.25. The number of amides is 1. The Morgan fingerprint density at radius 2 is 1.92 bits per heavy atom. The molecule has 3 rings (SSSR count). The predicted molar refractivity (Wildman–Crippen MR) is 96.5 cm³/mol. The van der Waals surface area contributed by atoms with Gasteiger partial charge >= 0.3 is 0 Å². The van der Waals surface area contributed by atoms with Gasteiger partial charge in [-0.2, -0.15) is 0 Å². The number of aryl methyl sites for hydroxylation is 3. The molecule has 4 heteroatoms. The van der Waals surface area contributed by atoms with Gasteiger partial charge in [-0.15, -0.1) is 0 Å². The molecule has 0 spiro atoms. The Balaban J connectivity index is 1.69. The molecule has 24 heavy (non-hydrogen) atoms. The first-order chi connectivity index (χ1) is 11.5. The van der Waals surface area contributed by atoms with Crippen molar-refractivity contribution in [3.63, 3.8) is 0 Å². The third-order valence-electron chi connectivity index (χ3n) is 4.50.